The molecule has 8 heteroatoms. The Labute approximate surface area is 170 Å². The predicted molar refractivity (Wildman–Crippen MR) is 116 cm³/mol. The highest BCUT2D eigenvalue weighted by atomic mass is 127. The first kappa shape index (κ1) is 26.5. The Morgan fingerprint density at radius 3 is 2.12 bits per heavy atom. The van der Waals surface area contributed by atoms with E-state index in [0.29, 0.717) is 13.1 Å². The molecule has 150 valence electrons. The molecular formula is C17H38IN5O2. The van der Waals surface area contributed by atoms with Crippen molar-refractivity contribution in [2.45, 2.75) is 66.0 Å². The third-order valence-electron chi connectivity index (χ3n) is 2.69. The van der Waals surface area contributed by atoms with Gasteiger partial charge in [-0.3, -0.25) is 4.99 Å². The van der Waals surface area contributed by atoms with Crippen molar-refractivity contribution in [2.24, 2.45) is 4.99 Å². The number of nitrogens with zero attached hydrogens (tertiary/aromatic N) is 1. The Balaban J connectivity index is 0. The molecule has 7 nitrogen and oxygen atoms in total. The van der Waals surface area contributed by atoms with Crippen LogP contribution in [0.1, 0.15) is 54.9 Å². The first-order valence-electron chi connectivity index (χ1n) is 8.77. The molecule has 0 atom stereocenters. The molecule has 0 aromatic rings. The number of alkyl carbamates (subject to hydrolysis) is 1. The summed E-state index contributed by atoms with van der Waals surface area (Å²) in [6.07, 6.45) is 0.376. The molecule has 1 amide bonds. The summed E-state index contributed by atoms with van der Waals surface area (Å²) in [6.45, 7) is 17.7. The molecule has 0 unspecified atom stereocenters. The number of ether oxygens (including phenoxy) is 1. The quantitative estimate of drug-likeness (QED) is 0.189. The van der Waals surface area contributed by atoms with Crippen LogP contribution in [0.15, 0.2) is 4.99 Å². The maximum atomic E-state index is 11.5. The summed E-state index contributed by atoms with van der Waals surface area (Å²) in [5, 5.41) is 12.7. The molecule has 0 aliphatic rings. The van der Waals surface area contributed by atoms with Crippen LogP contribution in [0.2, 0.25) is 0 Å². The van der Waals surface area contributed by atoms with Crippen LogP contribution >= 0.6 is 24.0 Å². The second-order valence-electron chi connectivity index (χ2n) is 7.65. The highest BCUT2D eigenvalue weighted by Gasteiger charge is 2.15. The van der Waals surface area contributed by atoms with Gasteiger partial charge < -0.3 is 26.0 Å². The fraction of sp³-hybridized carbons (Fsp3) is 0.882. The highest BCUT2D eigenvalue weighted by Crippen LogP contribution is 2.06. The molecule has 0 rings (SSSR count). The summed E-state index contributed by atoms with van der Waals surface area (Å²) in [5.41, 5.74) is -0.351. The SMILES string of the molecule is CCNC(=NCCCNC(=O)OC(C)(C)C)NCCNC(C)(C)C.I. The van der Waals surface area contributed by atoms with E-state index in [1.165, 1.54) is 0 Å². The minimum atomic E-state index is -0.467. The van der Waals surface area contributed by atoms with Gasteiger partial charge in [-0.25, -0.2) is 4.79 Å². The van der Waals surface area contributed by atoms with Gasteiger partial charge in [0.05, 0.1) is 0 Å². The molecule has 0 spiro atoms. The Kier molecular flexibility index (Phi) is 14.2. The molecule has 0 aromatic carbocycles. The molecule has 0 bridgehead atoms. The fourth-order valence-electron chi connectivity index (χ4n) is 1.73. The van der Waals surface area contributed by atoms with Gasteiger partial charge in [-0.05, 0) is 54.9 Å². The van der Waals surface area contributed by atoms with Crippen molar-refractivity contribution in [3.05, 3.63) is 0 Å². The van der Waals surface area contributed by atoms with Crippen LogP contribution in [-0.4, -0.2) is 55.9 Å². The van der Waals surface area contributed by atoms with Crippen LogP contribution < -0.4 is 21.3 Å². The average Bonchev–Trinajstić information content (AvgIpc) is 2.39. The van der Waals surface area contributed by atoms with Crippen LogP contribution in [-0.2, 0) is 4.74 Å². The molecule has 0 saturated carbocycles. The van der Waals surface area contributed by atoms with E-state index in [0.717, 1.165) is 32.0 Å². The summed E-state index contributed by atoms with van der Waals surface area (Å²) < 4.78 is 5.18. The Morgan fingerprint density at radius 1 is 0.960 bits per heavy atom. The van der Waals surface area contributed by atoms with Crippen LogP contribution in [0.3, 0.4) is 0 Å². The predicted octanol–water partition coefficient (Wildman–Crippen LogP) is 2.46. The van der Waals surface area contributed by atoms with Gasteiger partial charge in [-0.1, -0.05) is 0 Å². The van der Waals surface area contributed by atoms with Gasteiger partial charge in [0, 0.05) is 38.3 Å². The molecule has 0 radical (unpaired) electrons. The lowest BCUT2D eigenvalue weighted by Crippen LogP contribution is -2.44. The molecule has 0 aliphatic heterocycles. The van der Waals surface area contributed by atoms with Crippen molar-refractivity contribution in [2.75, 3.05) is 32.7 Å². The minimum absolute atomic E-state index is 0. The van der Waals surface area contributed by atoms with Gasteiger partial charge in [-0.2, -0.15) is 0 Å². The van der Waals surface area contributed by atoms with Gasteiger partial charge in [0.25, 0.3) is 0 Å². The second-order valence-corrected chi connectivity index (χ2v) is 7.65. The molecule has 0 fully saturated rings. The summed E-state index contributed by atoms with van der Waals surface area (Å²) in [4.78, 5) is 16.0. The number of guanidine groups is 1. The molecular weight excluding hydrogens is 433 g/mol. The lowest BCUT2D eigenvalue weighted by molar-refractivity contribution is 0.0527. The zero-order valence-electron chi connectivity index (χ0n) is 16.9. The van der Waals surface area contributed by atoms with Crippen molar-refractivity contribution in [3.63, 3.8) is 0 Å². The van der Waals surface area contributed by atoms with Crippen LogP contribution in [0.4, 0.5) is 4.79 Å². The number of carbonyl (C=O) groups is 1. The van der Waals surface area contributed by atoms with Gasteiger partial charge in [0.1, 0.15) is 5.60 Å². The third kappa shape index (κ3) is 19.4. The number of nitrogens with one attached hydrogen (secondary N) is 4. The van der Waals surface area contributed by atoms with Crippen molar-refractivity contribution in [1.82, 2.24) is 21.3 Å². The summed E-state index contributed by atoms with van der Waals surface area (Å²) in [6, 6.07) is 0. The van der Waals surface area contributed by atoms with Crippen molar-refractivity contribution < 1.29 is 9.53 Å². The normalized spacial score (nSPS) is 12.2. The maximum Gasteiger partial charge on any atom is 0.407 e. The minimum Gasteiger partial charge on any atom is -0.444 e. The lowest BCUT2D eigenvalue weighted by atomic mass is 10.1. The lowest BCUT2D eigenvalue weighted by Gasteiger charge is -2.21. The Morgan fingerprint density at radius 2 is 1.60 bits per heavy atom. The number of aliphatic imine (C=N–C) groups is 1. The number of hydrogen-bond donors (Lipinski definition) is 4. The molecule has 25 heavy (non-hydrogen) atoms. The number of amides is 1. The zero-order valence-corrected chi connectivity index (χ0v) is 19.2. The number of hydrogen-bond acceptors (Lipinski definition) is 4. The number of carbonyl (C=O) groups excluding carboxylic acids is 1. The monoisotopic (exact) mass is 471 g/mol. The van der Waals surface area contributed by atoms with E-state index in [4.69, 9.17) is 4.74 Å². The fourth-order valence-corrected chi connectivity index (χ4v) is 1.73. The second kappa shape index (κ2) is 13.4. The smallest absolute Gasteiger partial charge is 0.407 e. The van der Waals surface area contributed by atoms with Gasteiger partial charge in [0.15, 0.2) is 5.96 Å². The first-order chi connectivity index (χ1) is 11.0. The van der Waals surface area contributed by atoms with E-state index in [1.54, 1.807) is 0 Å². The summed E-state index contributed by atoms with van der Waals surface area (Å²) >= 11 is 0. The maximum absolute atomic E-state index is 11.5. The van der Waals surface area contributed by atoms with Crippen LogP contribution in [0.5, 0.6) is 0 Å². The van der Waals surface area contributed by atoms with E-state index in [-0.39, 0.29) is 35.6 Å². The number of halogens is 1. The Bertz CT molecular complexity index is 389. The van der Waals surface area contributed by atoms with Crippen LogP contribution in [0.25, 0.3) is 0 Å². The van der Waals surface area contributed by atoms with Gasteiger partial charge >= 0.3 is 6.09 Å². The van der Waals surface area contributed by atoms with Crippen LogP contribution in [0, 0.1) is 0 Å². The molecule has 4 N–H and O–H groups in total. The Hall–Kier alpha value is -0.770. The van der Waals surface area contributed by atoms with Crippen molar-refractivity contribution in [3.8, 4) is 0 Å². The van der Waals surface area contributed by atoms with E-state index in [9.17, 15) is 4.79 Å². The van der Waals surface area contributed by atoms with E-state index in [2.05, 4.69) is 47.0 Å². The summed E-state index contributed by atoms with van der Waals surface area (Å²) in [5.74, 6) is 0.797. The topological polar surface area (TPSA) is 86.8 Å². The molecule has 0 heterocycles. The first-order valence-corrected chi connectivity index (χ1v) is 8.77. The standard InChI is InChI=1S/C17H37N5O2.HI/c1-8-18-14(20-12-13-22-16(2,3)4)19-10-9-11-21-15(23)24-17(5,6)7;/h22H,8-13H2,1-7H3,(H,21,23)(H2,18,19,20);1H. The third-order valence-corrected chi connectivity index (χ3v) is 2.69. The molecule has 0 saturated heterocycles. The van der Waals surface area contributed by atoms with E-state index >= 15 is 0 Å². The zero-order chi connectivity index (χ0) is 18.6. The van der Waals surface area contributed by atoms with Crippen molar-refractivity contribution in [1.29, 1.82) is 0 Å². The molecule has 0 aliphatic carbocycles. The van der Waals surface area contributed by atoms with E-state index in [1.807, 2.05) is 27.7 Å². The molecule has 0 aromatic heterocycles. The average molecular weight is 471 g/mol. The van der Waals surface area contributed by atoms with Gasteiger partial charge in [0.2, 0.25) is 0 Å². The van der Waals surface area contributed by atoms with E-state index < -0.39 is 5.60 Å². The number of rotatable bonds is 8. The van der Waals surface area contributed by atoms with Gasteiger partial charge in [-0.15, -0.1) is 24.0 Å². The summed E-state index contributed by atoms with van der Waals surface area (Å²) in [7, 11) is 0. The van der Waals surface area contributed by atoms with Crippen molar-refractivity contribution >= 4 is 36.0 Å². The largest absolute Gasteiger partial charge is 0.444 e. The highest BCUT2D eigenvalue weighted by molar-refractivity contribution is 14.0.